The summed E-state index contributed by atoms with van der Waals surface area (Å²) in [7, 11) is 0. The Morgan fingerprint density at radius 1 is 1.42 bits per heavy atom. The maximum Gasteiger partial charge on any atom is 0.163 e. The van der Waals surface area contributed by atoms with E-state index in [0.29, 0.717) is 12.5 Å². The number of hydrogen-bond donors (Lipinski definition) is 1. The second kappa shape index (κ2) is 3.32. The topological polar surface area (TPSA) is 44.5 Å². The van der Waals surface area contributed by atoms with E-state index in [9.17, 15) is 0 Å². The third-order valence-electron chi connectivity index (χ3n) is 2.12. The number of nitrogens with two attached hydrogens (primary N) is 1. The summed E-state index contributed by atoms with van der Waals surface area (Å²) < 4.78 is 11.1. The highest BCUT2D eigenvalue weighted by Crippen LogP contribution is 2.25. The molecule has 2 atom stereocenters. The van der Waals surface area contributed by atoms with Crippen molar-refractivity contribution in [1.29, 1.82) is 0 Å². The van der Waals surface area contributed by atoms with E-state index in [4.69, 9.17) is 15.2 Å². The third kappa shape index (κ3) is 2.19. The zero-order valence-electron chi connectivity index (χ0n) is 8.33. The van der Waals surface area contributed by atoms with Crippen LogP contribution >= 0.6 is 0 Å². The van der Waals surface area contributed by atoms with Crippen LogP contribution in [0.3, 0.4) is 0 Å². The van der Waals surface area contributed by atoms with Crippen LogP contribution in [-0.4, -0.2) is 24.5 Å². The zero-order valence-corrected chi connectivity index (χ0v) is 8.33. The van der Waals surface area contributed by atoms with Crippen LogP contribution in [0.5, 0.6) is 0 Å². The SMILES string of the molecule is CC(C)[C@@H]1OC(C)(C)OC[C@@H]1N. The van der Waals surface area contributed by atoms with Crippen molar-refractivity contribution in [1.82, 2.24) is 0 Å². The Balaban J connectivity index is 2.59. The van der Waals surface area contributed by atoms with Crippen LogP contribution in [-0.2, 0) is 9.47 Å². The monoisotopic (exact) mass is 173 g/mol. The normalized spacial score (nSPS) is 35.5. The Hall–Kier alpha value is -0.120. The van der Waals surface area contributed by atoms with Crippen LogP contribution < -0.4 is 5.73 Å². The quantitative estimate of drug-likeness (QED) is 0.646. The lowest BCUT2D eigenvalue weighted by Crippen LogP contribution is -2.54. The van der Waals surface area contributed by atoms with Gasteiger partial charge >= 0.3 is 0 Å². The van der Waals surface area contributed by atoms with Gasteiger partial charge in [0.2, 0.25) is 0 Å². The summed E-state index contributed by atoms with van der Waals surface area (Å²) in [6.07, 6.45) is 0.119. The van der Waals surface area contributed by atoms with Crippen LogP contribution in [0.25, 0.3) is 0 Å². The first-order chi connectivity index (χ1) is 5.42. The van der Waals surface area contributed by atoms with Gasteiger partial charge in [0, 0.05) is 0 Å². The average molecular weight is 173 g/mol. The second-order valence-corrected chi connectivity index (χ2v) is 4.20. The number of hydrogen-bond acceptors (Lipinski definition) is 3. The third-order valence-corrected chi connectivity index (χ3v) is 2.12. The molecule has 3 nitrogen and oxygen atoms in total. The summed E-state index contributed by atoms with van der Waals surface area (Å²) in [6, 6.07) is 0.0121. The first-order valence-corrected chi connectivity index (χ1v) is 4.50. The molecule has 1 fully saturated rings. The van der Waals surface area contributed by atoms with E-state index in [0.717, 1.165) is 0 Å². The molecule has 0 aromatic carbocycles. The van der Waals surface area contributed by atoms with E-state index in [1.807, 2.05) is 13.8 Å². The Morgan fingerprint density at radius 3 is 2.42 bits per heavy atom. The first-order valence-electron chi connectivity index (χ1n) is 4.50. The fourth-order valence-corrected chi connectivity index (χ4v) is 1.47. The second-order valence-electron chi connectivity index (χ2n) is 4.20. The lowest BCUT2D eigenvalue weighted by Gasteiger charge is -2.41. The molecule has 0 aliphatic carbocycles. The molecule has 3 heteroatoms. The molecule has 0 amide bonds. The van der Waals surface area contributed by atoms with Gasteiger partial charge in [-0.1, -0.05) is 13.8 Å². The van der Waals surface area contributed by atoms with Crippen molar-refractivity contribution >= 4 is 0 Å². The van der Waals surface area contributed by atoms with Gasteiger partial charge < -0.3 is 15.2 Å². The van der Waals surface area contributed by atoms with Crippen molar-refractivity contribution < 1.29 is 9.47 Å². The van der Waals surface area contributed by atoms with Crippen molar-refractivity contribution in [2.45, 2.75) is 45.6 Å². The molecule has 12 heavy (non-hydrogen) atoms. The lowest BCUT2D eigenvalue weighted by atomic mass is 9.99. The maximum absolute atomic E-state index is 5.85. The molecule has 1 heterocycles. The van der Waals surface area contributed by atoms with Gasteiger partial charge in [-0.15, -0.1) is 0 Å². The van der Waals surface area contributed by atoms with Gasteiger partial charge in [-0.3, -0.25) is 0 Å². The van der Waals surface area contributed by atoms with Crippen molar-refractivity contribution in [2.24, 2.45) is 11.7 Å². The van der Waals surface area contributed by atoms with E-state index in [2.05, 4.69) is 13.8 Å². The summed E-state index contributed by atoms with van der Waals surface area (Å²) in [5, 5.41) is 0. The predicted molar refractivity (Wildman–Crippen MR) is 47.7 cm³/mol. The van der Waals surface area contributed by atoms with Crippen molar-refractivity contribution in [2.75, 3.05) is 6.61 Å². The van der Waals surface area contributed by atoms with Crippen molar-refractivity contribution in [3.63, 3.8) is 0 Å². The highest BCUT2D eigenvalue weighted by Gasteiger charge is 2.35. The zero-order chi connectivity index (χ0) is 9.35. The number of rotatable bonds is 1. The van der Waals surface area contributed by atoms with Crippen LogP contribution in [0.15, 0.2) is 0 Å². The number of ether oxygens (including phenoxy) is 2. The van der Waals surface area contributed by atoms with Gasteiger partial charge in [-0.2, -0.15) is 0 Å². The molecule has 0 aromatic rings. The smallest absolute Gasteiger partial charge is 0.163 e. The molecule has 2 N–H and O–H groups in total. The highest BCUT2D eigenvalue weighted by molar-refractivity contribution is 4.82. The predicted octanol–water partition coefficient (Wildman–Crippen LogP) is 1.12. The minimum atomic E-state index is -0.467. The van der Waals surface area contributed by atoms with Gasteiger partial charge in [0.15, 0.2) is 5.79 Å². The van der Waals surface area contributed by atoms with E-state index < -0.39 is 5.79 Å². The lowest BCUT2D eigenvalue weighted by molar-refractivity contribution is -0.286. The molecule has 0 bridgehead atoms. The fourth-order valence-electron chi connectivity index (χ4n) is 1.47. The van der Waals surface area contributed by atoms with Gasteiger partial charge in [0.05, 0.1) is 18.8 Å². The molecule has 1 aliphatic rings. The highest BCUT2D eigenvalue weighted by atomic mass is 16.7. The molecular weight excluding hydrogens is 154 g/mol. The molecule has 1 rings (SSSR count). The van der Waals surface area contributed by atoms with E-state index in [1.165, 1.54) is 0 Å². The summed E-state index contributed by atoms with van der Waals surface area (Å²) in [5.74, 6) is -0.0201. The van der Waals surface area contributed by atoms with E-state index >= 15 is 0 Å². The molecule has 1 aliphatic heterocycles. The average Bonchev–Trinajstić information content (AvgIpc) is 1.94. The Morgan fingerprint density at radius 2 is 2.00 bits per heavy atom. The largest absolute Gasteiger partial charge is 0.349 e. The summed E-state index contributed by atoms with van der Waals surface area (Å²) in [5.41, 5.74) is 5.85. The molecular formula is C9H19NO2. The molecule has 0 spiro atoms. The Kier molecular flexibility index (Phi) is 2.76. The van der Waals surface area contributed by atoms with E-state index in [1.54, 1.807) is 0 Å². The maximum atomic E-state index is 5.85. The molecule has 1 saturated heterocycles. The van der Waals surface area contributed by atoms with Gasteiger partial charge in [-0.05, 0) is 19.8 Å². The van der Waals surface area contributed by atoms with Gasteiger partial charge in [0.1, 0.15) is 0 Å². The van der Waals surface area contributed by atoms with Gasteiger partial charge in [0.25, 0.3) is 0 Å². The molecule has 0 aromatic heterocycles. The van der Waals surface area contributed by atoms with Crippen LogP contribution in [0.2, 0.25) is 0 Å². The van der Waals surface area contributed by atoms with Crippen molar-refractivity contribution in [3.8, 4) is 0 Å². The first kappa shape index (κ1) is 9.96. The minimum Gasteiger partial charge on any atom is -0.349 e. The molecule has 0 unspecified atom stereocenters. The fraction of sp³-hybridized carbons (Fsp3) is 1.00. The standard InChI is InChI=1S/C9H19NO2/c1-6(2)8-7(10)5-11-9(3,4)12-8/h6-8H,5,10H2,1-4H3/t7-,8-/m0/s1. The summed E-state index contributed by atoms with van der Waals surface area (Å²) >= 11 is 0. The molecule has 0 saturated carbocycles. The Bertz CT molecular complexity index is 157. The van der Waals surface area contributed by atoms with Crippen LogP contribution in [0.4, 0.5) is 0 Å². The van der Waals surface area contributed by atoms with Crippen LogP contribution in [0, 0.1) is 5.92 Å². The summed E-state index contributed by atoms with van der Waals surface area (Å²) in [4.78, 5) is 0. The van der Waals surface area contributed by atoms with Crippen LogP contribution in [0.1, 0.15) is 27.7 Å². The van der Waals surface area contributed by atoms with E-state index in [-0.39, 0.29) is 12.1 Å². The molecule has 0 radical (unpaired) electrons. The van der Waals surface area contributed by atoms with Crippen molar-refractivity contribution in [3.05, 3.63) is 0 Å². The molecule has 72 valence electrons. The minimum absolute atomic E-state index is 0.0121. The summed E-state index contributed by atoms with van der Waals surface area (Å²) in [6.45, 7) is 8.68. The van der Waals surface area contributed by atoms with Gasteiger partial charge in [-0.25, -0.2) is 0 Å². The Labute approximate surface area is 74.2 Å².